The monoisotopic (exact) mass is 238 g/mol. The smallest absolute Gasteiger partial charge is 0.227 e. The van der Waals surface area contributed by atoms with Crippen LogP contribution in [0.15, 0.2) is 6.07 Å². The van der Waals surface area contributed by atoms with Crippen molar-refractivity contribution in [1.29, 1.82) is 0 Å². The molecule has 1 amide bonds. The molecular weight excluding hydrogens is 216 g/mol. The van der Waals surface area contributed by atoms with Crippen molar-refractivity contribution >= 4 is 11.7 Å². The Morgan fingerprint density at radius 1 is 1.53 bits per heavy atom. The molecule has 0 saturated heterocycles. The zero-order valence-corrected chi connectivity index (χ0v) is 10.6. The molecule has 0 aliphatic rings. The number of hydrogen-bond donors (Lipinski definition) is 3. The summed E-state index contributed by atoms with van der Waals surface area (Å²) < 4.78 is 0. The Hall–Kier alpha value is -1.36. The lowest BCUT2D eigenvalue weighted by Crippen LogP contribution is -2.26. The summed E-state index contributed by atoms with van der Waals surface area (Å²) in [6.45, 7) is 4.16. The van der Waals surface area contributed by atoms with Crippen LogP contribution in [-0.4, -0.2) is 22.1 Å². The van der Waals surface area contributed by atoms with Crippen LogP contribution in [0.1, 0.15) is 45.2 Å². The number of aromatic amines is 1. The van der Waals surface area contributed by atoms with Gasteiger partial charge in [0.05, 0.1) is 0 Å². The molecule has 96 valence electrons. The number of nitrogens with two attached hydrogens (primary N) is 1. The highest BCUT2D eigenvalue weighted by atomic mass is 16.1. The zero-order valence-electron chi connectivity index (χ0n) is 10.6. The summed E-state index contributed by atoms with van der Waals surface area (Å²) in [4.78, 5) is 11.6. The van der Waals surface area contributed by atoms with Gasteiger partial charge in [0.1, 0.15) is 0 Å². The van der Waals surface area contributed by atoms with Gasteiger partial charge in [0.25, 0.3) is 0 Å². The number of amides is 1. The van der Waals surface area contributed by atoms with Crippen molar-refractivity contribution in [3.8, 4) is 0 Å². The van der Waals surface area contributed by atoms with Gasteiger partial charge in [-0.2, -0.15) is 5.10 Å². The van der Waals surface area contributed by atoms with Crippen molar-refractivity contribution in [2.45, 2.75) is 52.0 Å². The molecule has 1 aromatic rings. The minimum Gasteiger partial charge on any atom is -0.327 e. The van der Waals surface area contributed by atoms with Gasteiger partial charge < -0.3 is 11.1 Å². The first kappa shape index (κ1) is 13.7. The summed E-state index contributed by atoms with van der Waals surface area (Å²) in [6.07, 6.45) is 4.21. The molecule has 5 heteroatoms. The third kappa shape index (κ3) is 4.99. The molecule has 0 saturated carbocycles. The SMILES string of the molecule is CCCc1cc(NC(=O)CC(N)CCC)n[nH]1. The third-order valence-corrected chi connectivity index (χ3v) is 2.52. The Morgan fingerprint density at radius 2 is 2.29 bits per heavy atom. The van der Waals surface area contributed by atoms with E-state index in [2.05, 4.69) is 29.4 Å². The Kier molecular flexibility index (Phi) is 5.69. The van der Waals surface area contributed by atoms with Gasteiger partial charge in [-0.15, -0.1) is 0 Å². The number of anilines is 1. The van der Waals surface area contributed by atoms with Crippen molar-refractivity contribution in [3.63, 3.8) is 0 Å². The van der Waals surface area contributed by atoms with E-state index in [1.807, 2.05) is 6.07 Å². The molecule has 0 spiro atoms. The number of nitrogens with one attached hydrogen (secondary N) is 2. The molecule has 0 bridgehead atoms. The predicted molar refractivity (Wildman–Crippen MR) is 68.7 cm³/mol. The number of rotatable bonds is 7. The van der Waals surface area contributed by atoms with E-state index >= 15 is 0 Å². The fraction of sp³-hybridized carbons (Fsp3) is 0.667. The molecule has 1 atom stereocenters. The number of carbonyl (C=O) groups excluding carboxylic acids is 1. The lowest BCUT2D eigenvalue weighted by Gasteiger charge is -2.08. The maximum atomic E-state index is 11.6. The second kappa shape index (κ2) is 7.06. The maximum Gasteiger partial charge on any atom is 0.227 e. The molecule has 1 rings (SSSR count). The van der Waals surface area contributed by atoms with E-state index in [9.17, 15) is 4.79 Å². The Bertz CT molecular complexity index is 348. The highest BCUT2D eigenvalue weighted by Crippen LogP contribution is 2.08. The molecule has 0 aliphatic heterocycles. The largest absolute Gasteiger partial charge is 0.327 e. The van der Waals surface area contributed by atoms with Crippen molar-refractivity contribution < 1.29 is 4.79 Å². The van der Waals surface area contributed by atoms with Crippen molar-refractivity contribution in [3.05, 3.63) is 11.8 Å². The minimum absolute atomic E-state index is 0.0611. The van der Waals surface area contributed by atoms with E-state index in [1.165, 1.54) is 0 Å². The van der Waals surface area contributed by atoms with Crippen LogP contribution in [0.4, 0.5) is 5.82 Å². The predicted octanol–water partition coefficient (Wildman–Crippen LogP) is 1.82. The van der Waals surface area contributed by atoms with Gasteiger partial charge in [-0.1, -0.05) is 26.7 Å². The standard InChI is InChI=1S/C12H22N4O/c1-3-5-9(13)7-12(17)14-11-8-10(6-4-2)15-16-11/h8-9H,3-7,13H2,1-2H3,(H2,14,15,16,17). The van der Waals surface area contributed by atoms with Crippen LogP contribution in [0.5, 0.6) is 0 Å². The second-order valence-corrected chi connectivity index (χ2v) is 4.33. The van der Waals surface area contributed by atoms with Crippen LogP contribution >= 0.6 is 0 Å². The molecule has 1 unspecified atom stereocenters. The van der Waals surface area contributed by atoms with Gasteiger partial charge in [-0.05, 0) is 12.8 Å². The Labute approximate surface area is 102 Å². The molecule has 0 fully saturated rings. The van der Waals surface area contributed by atoms with Gasteiger partial charge in [0.2, 0.25) is 5.91 Å². The summed E-state index contributed by atoms with van der Waals surface area (Å²) in [7, 11) is 0. The number of aromatic nitrogens is 2. The van der Waals surface area contributed by atoms with Gasteiger partial charge in [0.15, 0.2) is 5.82 Å². The Balaban J connectivity index is 2.39. The molecule has 17 heavy (non-hydrogen) atoms. The molecule has 0 aliphatic carbocycles. The molecule has 0 radical (unpaired) electrons. The Morgan fingerprint density at radius 3 is 2.94 bits per heavy atom. The quantitative estimate of drug-likeness (QED) is 0.677. The fourth-order valence-corrected chi connectivity index (χ4v) is 1.73. The highest BCUT2D eigenvalue weighted by Gasteiger charge is 2.10. The second-order valence-electron chi connectivity index (χ2n) is 4.33. The van der Waals surface area contributed by atoms with E-state index < -0.39 is 0 Å². The average Bonchev–Trinajstić information content (AvgIpc) is 2.66. The van der Waals surface area contributed by atoms with E-state index in [4.69, 9.17) is 5.73 Å². The number of aryl methyl sites for hydroxylation is 1. The summed E-state index contributed by atoms with van der Waals surface area (Å²) in [6, 6.07) is 1.81. The average molecular weight is 238 g/mol. The van der Waals surface area contributed by atoms with Crippen molar-refractivity contribution in [2.75, 3.05) is 5.32 Å². The number of carbonyl (C=O) groups is 1. The van der Waals surface area contributed by atoms with E-state index in [0.717, 1.165) is 31.4 Å². The number of nitrogens with zero attached hydrogens (tertiary/aromatic N) is 1. The minimum atomic E-state index is -0.0690. The lowest BCUT2D eigenvalue weighted by atomic mass is 10.1. The third-order valence-electron chi connectivity index (χ3n) is 2.52. The van der Waals surface area contributed by atoms with E-state index in [0.29, 0.717) is 12.2 Å². The van der Waals surface area contributed by atoms with Crippen LogP contribution in [0.2, 0.25) is 0 Å². The number of hydrogen-bond acceptors (Lipinski definition) is 3. The van der Waals surface area contributed by atoms with Crippen molar-refractivity contribution in [2.24, 2.45) is 5.73 Å². The van der Waals surface area contributed by atoms with E-state index in [-0.39, 0.29) is 11.9 Å². The summed E-state index contributed by atoms with van der Waals surface area (Å²) in [5.41, 5.74) is 6.84. The van der Waals surface area contributed by atoms with Crippen LogP contribution in [0, 0.1) is 0 Å². The normalized spacial score (nSPS) is 12.4. The summed E-state index contributed by atoms with van der Waals surface area (Å²) in [5, 5.41) is 9.67. The zero-order chi connectivity index (χ0) is 12.7. The summed E-state index contributed by atoms with van der Waals surface area (Å²) >= 11 is 0. The molecular formula is C12H22N4O. The van der Waals surface area contributed by atoms with Crippen LogP contribution in [-0.2, 0) is 11.2 Å². The molecule has 1 heterocycles. The van der Waals surface area contributed by atoms with Crippen LogP contribution in [0.25, 0.3) is 0 Å². The lowest BCUT2D eigenvalue weighted by molar-refractivity contribution is -0.116. The van der Waals surface area contributed by atoms with Gasteiger partial charge in [0, 0.05) is 24.2 Å². The van der Waals surface area contributed by atoms with Gasteiger partial charge >= 0.3 is 0 Å². The first-order valence-corrected chi connectivity index (χ1v) is 6.25. The topological polar surface area (TPSA) is 83.8 Å². The highest BCUT2D eigenvalue weighted by molar-refractivity contribution is 5.90. The first-order valence-electron chi connectivity index (χ1n) is 6.25. The van der Waals surface area contributed by atoms with Gasteiger partial charge in [-0.25, -0.2) is 0 Å². The molecule has 4 N–H and O–H groups in total. The van der Waals surface area contributed by atoms with Crippen molar-refractivity contribution in [1.82, 2.24) is 10.2 Å². The first-order chi connectivity index (χ1) is 8.15. The van der Waals surface area contributed by atoms with E-state index in [1.54, 1.807) is 0 Å². The van der Waals surface area contributed by atoms with Gasteiger partial charge in [-0.3, -0.25) is 9.89 Å². The maximum absolute atomic E-state index is 11.6. The molecule has 1 aromatic heterocycles. The van der Waals surface area contributed by atoms with Crippen LogP contribution < -0.4 is 11.1 Å². The number of H-pyrrole nitrogens is 1. The fourth-order valence-electron chi connectivity index (χ4n) is 1.73. The molecule has 5 nitrogen and oxygen atoms in total. The summed E-state index contributed by atoms with van der Waals surface area (Å²) in [5.74, 6) is 0.516. The van der Waals surface area contributed by atoms with Crippen LogP contribution in [0.3, 0.4) is 0 Å². The molecule has 0 aromatic carbocycles.